The van der Waals surface area contributed by atoms with Crippen LogP contribution in [0, 0.1) is 18.6 Å². The Morgan fingerprint density at radius 3 is 2.65 bits per heavy atom. The second kappa shape index (κ2) is 14.4. The van der Waals surface area contributed by atoms with Gasteiger partial charge in [-0.25, -0.2) is 13.8 Å². The summed E-state index contributed by atoms with van der Waals surface area (Å²) in [4.78, 5) is 50.3. The van der Waals surface area contributed by atoms with E-state index in [2.05, 4.69) is 25.4 Å². The van der Waals surface area contributed by atoms with Gasteiger partial charge in [-0.2, -0.15) is 0 Å². The molecule has 5 aliphatic rings. The molecule has 3 saturated heterocycles. The van der Waals surface area contributed by atoms with E-state index in [1.807, 2.05) is 42.3 Å². The third kappa shape index (κ3) is 7.09. The number of imide groups is 1. The Labute approximate surface area is 316 Å². The highest BCUT2D eigenvalue weighted by Gasteiger charge is 2.40. The van der Waals surface area contributed by atoms with Crippen LogP contribution in [0.3, 0.4) is 0 Å². The van der Waals surface area contributed by atoms with Gasteiger partial charge in [0.1, 0.15) is 23.8 Å². The number of nitrogens with zero attached hydrogens (tertiary/aromatic N) is 5. The summed E-state index contributed by atoms with van der Waals surface area (Å²) in [5, 5.41) is 15.7. The summed E-state index contributed by atoms with van der Waals surface area (Å²) in [6.45, 7) is 7.42. The standard InChI is InChI=1S/C39H43F2N9O5/c1-21-10-35(55-27-13-26-17-45-37(43)33(49(26)20-27)15-31(42)29-11-24(40)12-30(41)36(29)52)44-16-23(21)18-47-6-8-48(9-7-47)25-3-2-22-19-50(39(54)28(22)14-25)32-4-5-34(51)46-38(32)53/h2-3,10-12,14-16,26-27,32,45,52H,4-9,13,17-20,42-43H2,1H3,(H,46,51,53)/b31-15-. The van der Waals surface area contributed by atoms with E-state index in [9.17, 15) is 28.3 Å². The number of piperazine rings is 1. The van der Waals surface area contributed by atoms with Crippen molar-refractivity contribution in [3.8, 4) is 11.6 Å². The van der Waals surface area contributed by atoms with E-state index < -0.39 is 29.3 Å². The molecule has 16 heteroatoms. The first-order chi connectivity index (χ1) is 26.4. The first-order valence-electron chi connectivity index (χ1n) is 18.4. The Kier molecular flexibility index (Phi) is 9.45. The Balaban J connectivity index is 0.856. The first kappa shape index (κ1) is 36.1. The number of phenolic OH excluding ortho intramolecular Hbond substituents is 1. The lowest BCUT2D eigenvalue weighted by molar-refractivity contribution is -0.136. The Hall–Kier alpha value is -5.90. The van der Waals surface area contributed by atoms with E-state index in [1.165, 1.54) is 6.08 Å². The Morgan fingerprint density at radius 2 is 1.89 bits per heavy atom. The van der Waals surface area contributed by atoms with Crippen LogP contribution in [0.2, 0.25) is 0 Å². The summed E-state index contributed by atoms with van der Waals surface area (Å²) in [6, 6.07) is 8.84. The number of amides is 3. The summed E-state index contributed by atoms with van der Waals surface area (Å²) in [6.07, 6.45) is 4.41. The number of carbonyl (C=O) groups is 3. The fourth-order valence-corrected chi connectivity index (χ4v) is 8.20. The molecule has 3 amide bonds. The number of ether oxygens (including phenoxy) is 1. The number of pyridine rings is 1. The van der Waals surface area contributed by atoms with E-state index in [4.69, 9.17) is 16.2 Å². The number of nitrogens with two attached hydrogens (primary N) is 2. The van der Waals surface area contributed by atoms with Crippen molar-refractivity contribution in [2.75, 3.05) is 44.2 Å². The maximum absolute atomic E-state index is 14.0. The molecule has 2 aromatic carbocycles. The third-order valence-electron chi connectivity index (χ3n) is 11.2. The zero-order chi connectivity index (χ0) is 38.5. The molecule has 3 unspecified atom stereocenters. The van der Waals surface area contributed by atoms with Gasteiger partial charge >= 0.3 is 0 Å². The van der Waals surface area contributed by atoms with Crippen molar-refractivity contribution in [3.05, 3.63) is 99.6 Å². The summed E-state index contributed by atoms with van der Waals surface area (Å²) < 4.78 is 34.3. The Morgan fingerprint density at radius 1 is 1.09 bits per heavy atom. The second-order valence-electron chi connectivity index (χ2n) is 14.8. The molecular weight excluding hydrogens is 712 g/mol. The highest BCUT2D eigenvalue weighted by Crippen LogP contribution is 2.34. The molecule has 3 fully saturated rings. The summed E-state index contributed by atoms with van der Waals surface area (Å²) >= 11 is 0. The molecule has 0 saturated carbocycles. The number of nitrogens with one attached hydrogen (secondary N) is 2. The number of hydrogen-bond acceptors (Lipinski definition) is 12. The average Bonchev–Trinajstić information content (AvgIpc) is 3.72. The lowest BCUT2D eigenvalue weighted by Gasteiger charge is -2.36. The molecular formula is C39H43F2N9O5. The maximum Gasteiger partial charge on any atom is 0.255 e. The molecule has 0 spiro atoms. The van der Waals surface area contributed by atoms with Gasteiger partial charge in [0, 0.05) is 99.5 Å². The SMILES string of the molecule is Cc1cc(OC2CC3CNC(N)=C(/C=C(\N)c4cc(F)cc(F)c4O)N3C2)ncc1CN1CCN(c2ccc3c(c2)C(=O)N(C2CCC(=O)NC2=O)C3)CC1. The summed E-state index contributed by atoms with van der Waals surface area (Å²) in [5.41, 5.74) is 17.5. The lowest BCUT2D eigenvalue weighted by atomic mass is 10.0. The van der Waals surface area contributed by atoms with Crippen LogP contribution in [-0.4, -0.2) is 100.0 Å². The Bertz CT molecular complexity index is 2140. The van der Waals surface area contributed by atoms with E-state index in [0.29, 0.717) is 61.5 Å². The molecule has 0 radical (unpaired) electrons. The van der Waals surface area contributed by atoms with Crippen molar-refractivity contribution in [1.29, 1.82) is 0 Å². The molecule has 5 aliphatic heterocycles. The van der Waals surface area contributed by atoms with E-state index in [1.54, 1.807) is 4.90 Å². The fourth-order valence-electron chi connectivity index (χ4n) is 8.20. The molecule has 288 valence electrons. The van der Waals surface area contributed by atoms with Crippen LogP contribution >= 0.6 is 0 Å². The molecule has 3 aromatic rings. The van der Waals surface area contributed by atoms with Gasteiger partial charge in [-0.15, -0.1) is 0 Å². The molecule has 3 atom stereocenters. The van der Waals surface area contributed by atoms with Crippen LogP contribution in [0.5, 0.6) is 11.6 Å². The van der Waals surface area contributed by atoms with Crippen molar-refractivity contribution < 1.29 is 33.0 Å². The molecule has 14 nitrogen and oxygen atoms in total. The minimum absolute atomic E-state index is 0.0260. The largest absolute Gasteiger partial charge is 0.504 e. The van der Waals surface area contributed by atoms with Crippen LogP contribution in [0.4, 0.5) is 14.5 Å². The van der Waals surface area contributed by atoms with E-state index in [-0.39, 0.29) is 41.6 Å². The fraction of sp³-hybridized carbons (Fsp3) is 0.385. The van der Waals surface area contributed by atoms with Gasteiger partial charge < -0.3 is 41.3 Å². The number of aryl methyl sites for hydroxylation is 1. The number of carbonyl (C=O) groups excluding carboxylic acids is 3. The zero-order valence-corrected chi connectivity index (χ0v) is 30.4. The number of aromatic nitrogens is 1. The number of allylic oxidation sites excluding steroid dienone is 1. The number of rotatable bonds is 8. The predicted molar refractivity (Wildman–Crippen MR) is 198 cm³/mol. The second-order valence-corrected chi connectivity index (χ2v) is 14.8. The highest BCUT2D eigenvalue weighted by atomic mass is 19.1. The number of aromatic hydroxyl groups is 1. The molecule has 7 N–H and O–H groups in total. The zero-order valence-electron chi connectivity index (χ0n) is 30.4. The highest BCUT2D eigenvalue weighted by molar-refractivity contribution is 6.05. The van der Waals surface area contributed by atoms with Crippen LogP contribution in [0.1, 0.15) is 51.9 Å². The number of fused-ring (bicyclic) bond motifs is 2. The van der Waals surface area contributed by atoms with E-state index in [0.717, 1.165) is 61.2 Å². The van der Waals surface area contributed by atoms with Gasteiger partial charge in [0.05, 0.1) is 18.3 Å². The maximum atomic E-state index is 14.0. The number of benzene rings is 2. The number of hydrogen-bond donors (Lipinski definition) is 5. The minimum Gasteiger partial charge on any atom is -0.504 e. The molecule has 0 aliphatic carbocycles. The van der Waals surface area contributed by atoms with Gasteiger partial charge in [-0.05, 0) is 54.3 Å². The van der Waals surface area contributed by atoms with Crippen molar-refractivity contribution in [1.82, 2.24) is 30.3 Å². The molecule has 0 bridgehead atoms. The number of piperidine rings is 1. The lowest BCUT2D eigenvalue weighted by Crippen LogP contribution is -2.52. The third-order valence-corrected chi connectivity index (χ3v) is 11.2. The van der Waals surface area contributed by atoms with Gasteiger partial charge in [-0.3, -0.25) is 24.6 Å². The number of halogens is 2. The molecule has 55 heavy (non-hydrogen) atoms. The van der Waals surface area contributed by atoms with Crippen LogP contribution < -0.4 is 31.7 Å². The van der Waals surface area contributed by atoms with Gasteiger partial charge in [0.2, 0.25) is 17.7 Å². The van der Waals surface area contributed by atoms with E-state index >= 15 is 0 Å². The first-order valence-corrected chi connectivity index (χ1v) is 18.4. The van der Waals surface area contributed by atoms with Crippen molar-refractivity contribution in [2.24, 2.45) is 11.5 Å². The van der Waals surface area contributed by atoms with Gasteiger partial charge in [0.15, 0.2) is 11.6 Å². The van der Waals surface area contributed by atoms with Gasteiger partial charge in [0.25, 0.3) is 5.91 Å². The van der Waals surface area contributed by atoms with Crippen LogP contribution in [0.15, 0.2) is 60.2 Å². The average molecular weight is 756 g/mol. The quantitative estimate of drug-likeness (QED) is 0.211. The van der Waals surface area contributed by atoms with Crippen molar-refractivity contribution >= 4 is 29.1 Å². The molecule has 6 heterocycles. The van der Waals surface area contributed by atoms with Crippen LogP contribution in [-0.2, 0) is 22.7 Å². The monoisotopic (exact) mass is 755 g/mol. The minimum atomic E-state index is -1.10. The number of anilines is 1. The van der Waals surface area contributed by atoms with Crippen LogP contribution in [0.25, 0.3) is 5.70 Å². The predicted octanol–water partition coefficient (Wildman–Crippen LogP) is 2.01. The van der Waals surface area contributed by atoms with Gasteiger partial charge in [-0.1, -0.05) is 6.07 Å². The smallest absolute Gasteiger partial charge is 0.255 e. The summed E-state index contributed by atoms with van der Waals surface area (Å²) in [5.74, 6) is -2.71. The number of phenols is 1. The molecule has 1 aromatic heterocycles. The van der Waals surface area contributed by atoms with Crippen molar-refractivity contribution in [2.45, 2.75) is 57.5 Å². The van der Waals surface area contributed by atoms with Crippen molar-refractivity contribution in [3.63, 3.8) is 0 Å². The normalized spacial score (nSPS) is 23.2. The summed E-state index contributed by atoms with van der Waals surface area (Å²) in [7, 11) is 0. The molecule has 8 rings (SSSR count). The topological polar surface area (TPSA) is 183 Å².